The first-order valence-electron chi connectivity index (χ1n) is 7.94. The highest BCUT2D eigenvalue weighted by Gasteiger charge is 2.10. The van der Waals surface area contributed by atoms with Crippen LogP contribution in [-0.4, -0.2) is 31.7 Å². The maximum absolute atomic E-state index is 12.1. The van der Waals surface area contributed by atoms with Gasteiger partial charge in [0.15, 0.2) is 4.34 Å². The van der Waals surface area contributed by atoms with E-state index in [1.807, 2.05) is 25.1 Å². The normalized spacial score (nSPS) is 11.5. The van der Waals surface area contributed by atoms with Crippen molar-refractivity contribution >= 4 is 54.9 Å². The first kappa shape index (κ1) is 19.6. The molecule has 0 aliphatic carbocycles. The van der Waals surface area contributed by atoms with E-state index in [0.29, 0.717) is 12.3 Å². The maximum atomic E-state index is 12.1. The Morgan fingerprint density at radius 1 is 1.26 bits per heavy atom. The molecule has 1 aromatic heterocycles. The monoisotopic (exact) mass is 423 g/mol. The number of hydrogen-bond donors (Lipinski definition) is 2. The Labute approximate surface area is 165 Å². The molecule has 0 aliphatic heterocycles. The van der Waals surface area contributed by atoms with Crippen LogP contribution in [0.3, 0.4) is 0 Å². The molecule has 142 valence electrons. The third kappa shape index (κ3) is 5.19. The van der Waals surface area contributed by atoms with E-state index in [1.165, 1.54) is 47.4 Å². The van der Waals surface area contributed by atoms with Crippen molar-refractivity contribution < 1.29 is 17.9 Å². The van der Waals surface area contributed by atoms with Gasteiger partial charge >= 0.3 is 0 Å². The third-order valence-corrected chi connectivity index (χ3v) is 6.53. The Bertz CT molecular complexity index is 1060. The minimum absolute atomic E-state index is 0.00392. The fraction of sp³-hybridized carbons (Fsp3) is 0.176. The Kier molecular flexibility index (Phi) is 6.00. The quantitative estimate of drug-likeness (QED) is 0.565. The number of thiazole rings is 1. The van der Waals surface area contributed by atoms with Crippen LogP contribution in [0.5, 0.6) is 5.75 Å². The Morgan fingerprint density at radius 2 is 2.00 bits per heavy atom. The number of benzene rings is 2. The lowest BCUT2D eigenvalue weighted by Gasteiger charge is -2.05. The van der Waals surface area contributed by atoms with Crippen LogP contribution in [0.4, 0.5) is 5.69 Å². The lowest BCUT2D eigenvalue weighted by atomic mass is 10.3. The van der Waals surface area contributed by atoms with Crippen molar-refractivity contribution in [1.29, 1.82) is 0 Å². The van der Waals surface area contributed by atoms with Gasteiger partial charge in [0.05, 0.1) is 27.5 Å². The number of anilines is 1. The van der Waals surface area contributed by atoms with Crippen LogP contribution in [0.25, 0.3) is 10.2 Å². The molecule has 3 aromatic rings. The van der Waals surface area contributed by atoms with Crippen LogP contribution in [0.1, 0.15) is 6.92 Å². The summed E-state index contributed by atoms with van der Waals surface area (Å²) in [5.74, 6) is 0.776. The summed E-state index contributed by atoms with van der Waals surface area (Å²) in [5.41, 5.74) is 1.36. The van der Waals surface area contributed by atoms with Crippen LogP contribution in [0.2, 0.25) is 0 Å². The number of nitrogens with two attached hydrogens (primary N) is 1. The summed E-state index contributed by atoms with van der Waals surface area (Å²) in [6.07, 6.45) is 0. The van der Waals surface area contributed by atoms with E-state index in [2.05, 4.69) is 10.3 Å². The topological polar surface area (TPSA) is 111 Å². The van der Waals surface area contributed by atoms with Crippen molar-refractivity contribution in [3.63, 3.8) is 0 Å². The van der Waals surface area contributed by atoms with Gasteiger partial charge < -0.3 is 10.1 Å². The van der Waals surface area contributed by atoms with E-state index in [4.69, 9.17) is 9.88 Å². The highest BCUT2D eigenvalue weighted by molar-refractivity contribution is 8.01. The van der Waals surface area contributed by atoms with Gasteiger partial charge in [-0.3, -0.25) is 4.79 Å². The second-order valence-electron chi connectivity index (χ2n) is 5.45. The fourth-order valence-corrected chi connectivity index (χ4v) is 4.67. The molecule has 0 aliphatic rings. The van der Waals surface area contributed by atoms with Crippen LogP contribution in [0, 0.1) is 0 Å². The number of hydrogen-bond acceptors (Lipinski definition) is 7. The number of carbonyl (C=O) groups excluding carboxylic acids is 1. The number of primary sulfonamides is 1. The fourth-order valence-electron chi connectivity index (χ4n) is 2.25. The SMILES string of the molecule is CCOc1ccc2nc(SCC(=O)Nc3ccc(S(N)(=O)=O)cc3)sc2c1. The zero-order valence-electron chi connectivity index (χ0n) is 14.3. The zero-order valence-corrected chi connectivity index (χ0v) is 16.8. The molecule has 0 atom stereocenters. The predicted molar refractivity (Wildman–Crippen MR) is 108 cm³/mol. The molecule has 1 amide bonds. The van der Waals surface area contributed by atoms with Crippen LogP contribution in [-0.2, 0) is 14.8 Å². The molecule has 0 radical (unpaired) electrons. The van der Waals surface area contributed by atoms with E-state index in [-0.39, 0.29) is 16.6 Å². The van der Waals surface area contributed by atoms with Crippen molar-refractivity contribution in [2.24, 2.45) is 5.14 Å². The number of nitrogens with one attached hydrogen (secondary N) is 1. The molecule has 0 saturated carbocycles. The predicted octanol–water partition coefficient (Wildman–Crippen LogP) is 3.07. The number of carbonyl (C=O) groups is 1. The standard InChI is InChI=1S/C17H17N3O4S3/c1-2-24-12-5-8-14-15(9-12)26-17(20-14)25-10-16(21)19-11-3-6-13(7-4-11)27(18,22)23/h3-9H,2,10H2,1H3,(H,19,21)(H2,18,22,23). The Hall–Kier alpha value is -2.14. The molecule has 7 nitrogen and oxygen atoms in total. The minimum Gasteiger partial charge on any atom is -0.494 e. The van der Waals surface area contributed by atoms with Gasteiger partial charge in [-0.15, -0.1) is 11.3 Å². The summed E-state index contributed by atoms with van der Waals surface area (Å²) in [7, 11) is -3.75. The van der Waals surface area contributed by atoms with Gasteiger partial charge in [-0.1, -0.05) is 11.8 Å². The highest BCUT2D eigenvalue weighted by atomic mass is 32.2. The van der Waals surface area contributed by atoms with E-state index >= 15 is 0 Å². The van der Waals surface area contributed by atoms with Crippen LogP contribution >= 0.6 is 23.1 Å². The number of rotatable bonds is 7. The summed E-state index contributed by atoms with van der Waals surface area (Å²) in [4.78, 5) is 16.6. The second kappa shape index (κ2) is 8.26. The van der Waals surface area contributed by atoms with Gasteiger partial charge in [-0.25, -0.2) is 18.5 Å². The molecular formula is C17H17N3O4S3. The number of fused-ring (bicyclic) bond motifs is 1. The number of amides is 1. The number of thioether (sulfide) groups is 1. The zero-order chi connectivity index (χ0) is 19.4. The largest absolute Gasteiger partial charge is 0.494 e. The van der Waals surface area contributed by atoms with Crippen LogP contribution < -0.4 is 15.2 Å². The summed E-state index contributed by atoms with van der Waals surface area (Å²) >= 11 is 2.84. The molecule has 0 saturated heterocycles. The van der Waals surface area contributed by atoms with Gasteiger partial charge in [0, 0.05) is 5.69 Å². The minimum atomic E-state index is -3.75. The van der Waals surface area contributed by atoms with Crippen molar-refractivity contribution in [1.82, 2.24) is 4.98 Å². The third-order valence-electron chi connectivity index (χ3n) is 3.44. The average Bonchev–Trinajstić information content (AvgIpc) is 3.02. The lowest BCUT2D eigenvalue weighted by molar-refractivity contribution is -0.113. The van der Waals surface area contributed by atoms with Crippen molar-refractivity contribution in [3.8, 4) is 5.75 Å². The summed E-state index contributed by atoms with van der Waals surface area (Å²) < 4.78 is 29.7. The number of ether oxygens (including phenoxy) is 1. The maximum Gasteiger partial charge on any atom is 0.238 e. The first-order valence-corrected chi connectivity index (χ1v) is 11.3. The van der Waals surface area contributed by atoms with Crippen molar-refractivity contribution in [3.05, 3.63) is 42.5 Å². The molecule has 0 unspecified atom stereocenters. The van der Waals surface area contributed by atoms with Gasteiger partial charge in [0.2, 0.25) is 15.9 Å². The number of sulfonamides is 1. The summed E-state index contributed by atoms with van der Waals surface area (Å²) in [6.45, 7) is 2.53. The van der Waals surface area contributed by atoms with E-state index in [1.54, 1.807) is 0 Å². The molecule has 27 heavy (non-hydrogen) atoms. The molecule has 3 N–H and O–H groups in total. The van der Waals surface area contributed by atoms with E-state index < -0.39 is 10.0 Å². The van der Waals surface area contributed by atoms with Gasteiger partial charge in [-0.2, -0.15) is 0 Å². The van der Waals surface area contributed by atoms with Crippen LogP contribution in [0.15, 0.2) is 51.7 Å². The second-order valence-corrected chi connectivity index (χ2v) is 9.26. The molecule has 1 heterocycles. The van der Waals surface area contributed by atoms with E-state index in [0.717, 1.165) is 20.3 Å². The molecule has 0 spiro atoms. The first-order chi connectivity index (χ1) is 12.8. The summed E-state index contributed by atoms with van der Waals surface area (Å²) in [6, 6.07) is 11.4. The lowest BCUT2D eigenvalue weighted by Crippen LogP contribution is -2.15. The molecule has 10 heteroatoms. The van der Waals surface area contributed by atoms with Gasteiger partial charge in [-0.05, 0) is 49.4 Å². The van der Waals surface area contributed by atoms with E-state index in [9.17, 15) is 13.2 Å². The average molecular weight is 424 g/mol. The number of nitrogens with zero attached hydrogens (tertiary/aromatic N) is 1. The van der Waals surface area contributed by atoms with Crippen molar-refractivity contribution in [2.75, 3.05) is 17.7 Å². The summed E-state index contributed by atoms with van der Waals surface area (Å²) in [5, 5.41) is 7.76. The molecule has 0 bridgehead atoms. The van der Waals surface area contributed by atoms with Gasteiger partial charge in [0.25, 0.3) is 0 Å². The molecule has 2 aromatic carbocycles. The Morgan fingerprint density at radius 3 is 2.67 bits per heavy atom. The molecule has 3 rings (SSSR count). The van der Waals surface area contributed by atoms with Gasteiger partial charge in [0.1, 0.15) is 5.75 Å². The molecule has 0 fully saturated rings. The van der Waals surface area contributed by atoms with Crippen molar-refractivity contribution in [2.45, 2.75) is 16.2 Å². The Balaban J connectivity index is 1.59. The highest BCUT2D eigenvalue weighted by Crippen LogP contribution is 2.32. The molecular weight excluding hydrogens is 406 g/mol. The smallest absolute Gasteiger partial charge is 0.238 e. The number of aromatic nitrogens is 1.